The lowest BCUT2D eigenvalue weighted by atomic mass is 9.78. The van der Waals surface area contributed by atoms with E-state index in [0.717, 1.165) is 17.7 Å². The smallest absolute Gasteiger partial charge is 0.0796 e. The van der Waals surface area contributed by atoms with Gasteiger partial charge in [0.05, 0.1) is 11.8 Å². The standard InChI is InChI=1S/C56H41N/c1-56(2)49-29-17-16-28-46(49)55-42-25-13-12-24-41(42)48(35-50(55)56)54-44-27-15-14-26-43(44)53(38-22-10-5-11-23-38)45-31-30-39(32-47(45)54)40-33-51(36-18-6-3-7-19-36)57-52(34-40)37-20-8-4-9-21-37/h3-33,35,52H,34H2,1-2H3. The van der Waals surface area contributed by atoms with Crippen LogP contribution in [0.3, 0.4) is 0 Å². The van der Waals surface area contributed by atoms with E-state index >= 15 is 0 Å². The summed E-state index contributed by atoms with van der Waals surface area (Å²) in [5, 5.41) is 7.67. The molecule has 9 aromatic rings. The Balaban J connectivity index is 1.23. The van der Waals surface area contributed by atoms with E-state index in [1.165, 1.54) is 93.5 Å². The molecule has 0 saturated carbocycles. The highest BCUT2D eigenvalue weighted by molar-refractivity contribution is 6.25. The van der Waals surface area contributed by atoms with Gasteiger partial charge in [-0.15, -0.1) is 0 Å². The lowest BCUT2D eigenvalue weighted by Crippen LogP contribution is -2.15. The summed E-state index contributed by atoms with van der Waals surface area (Å²) in [5.41, 5.74) is 16.4. The zero-order valence-corrected chi connectivity index (χ0v) is 32.2. The van der Waals surface area contributed by atoms with Crippen molar-refractivity contribution in [1.82, 2.24) is 0 Å². The van der Waals surface area contributed by atoms with Crippen LogP contribution in [-0.2, 0) is 5.41 Å². The Labute approximate surface area is 334 Å². The molecule has 2 aliphatic rings. The molecule has 0 N–H and O–H groups in total. The summed E-state index contributed by atoms with van der Waals surface area (Å²) >= 11 is 0. The number of hydrogen-bond acceptors (Lipinski definition) is 1. The van der Waals surface area contributed by atoms with Crippen LogP contribution in [0, 0.1) is 0 Å². The van der Waals surface area contributed by atoms with Gasteiger partial charge in [-0.25, -0.2) is 0 Å². The highest BCUT2D eigenvalue weighted by atomic mass is 14.8. The van der Waals surface area contributed by atoms with Crippen LogP contribution in [0.4, 0.5) is 0 Å². The Morgan fingerprint density at radius 3 is 1.70 bits per heavy atom. The van der Waals surface area contributed by atoms with E-state index in [1.54, 1.807) is 0 Å². The minimum Gasteiger partial charge on any atom is -0.276 e. The maximum Gasteiger partial charge on any atom is 0.0796 e. The number of nitrogens with zero attached hydrogens (tertiary/aromatic N) is 1. The Hall–Kier alpha value is -6.83. The van der Waals surface area contributed by atoms with E-state index in [1.807, 2.05) is 0 Å². The number of hydrogen-bond donors (Lipinski definition) is 0. The topological polar surface area (TPSA) is 12.4 Å². The molecule has 0 spiro atoms. The molecule has 0 bridgehead atoms. The van der Waals surface area contributed by atoms with Crippen LogP contribution in [0.5, 0.6) is 0 Å². The summed E-state index contributed by atoms with van der Waals surface area (Å²) in [6, 6.07) is 69.4. The number of dihydropyridines is 1. The molecular weight excluding hydrogens is 687 g/mol. The van der Waals surface area contributed by atoms with Crippen LogP contribution < -0.4 is 0 Å². The van der Waals surface area contributed by atoms with Gasteiger partial charge in [0.15, 0.2) is 0 Å². The molecule has 1 heteroatoms. The van der Waals surface area contributed by atoms with Crippen molar-refractivity contribution in [2.24, 2.45) is 4.99 Å². The number of allylic oxidation sites excluding steroid dienone is 1. The van der Waals surface area contributed by atoms with Gasteiger partial charge < -0.3 is 0 Å². The molecule has 0 amide bonds. The van der Waals surface area contributed by atoms with Crippen molar-refractivity contribution >= 4 is 43.6 Å². The van der Waals surface area contributed by atoms with Crippen LogP contribution >= 0.6 is 0 Å². The summed E-state index contributed by atoms with van der Waals surface area (Å²) in [7, 11) is 0. The van der Waals surface area contributed by atoms with Gasteiger partial charge in [-0.3, -0.25) is 4.99 Å². The van der Waals surface area contributed by atoms with Crippen molar-refractivity contribution in [3.05, 3.63) is 222 Å². The maximum absolute atomic E-state index is 5.36. The third-order valence-electron chi connectivity index (χ3n) is 12.6. The van der Waals surface area contributed by atoms with Gasteiger partial charge in [-0.05, 0) is 124 Å². The van der Waals surface area contributed by atoms with Crippen LogP contribution in [0.2, 0.25) is 0 Å². The maximum atomic E-state index is 5.36. The third-order valence-corrected chi connectivity index (χ3v) is 12.6. The second kappa shape index (κ2) is 13.1. The predicted molar refractivity (Wildman–Crippen MR) is 242 cm³/mol. The second-order valence-electron chi connectivity index (χ2n) is 16.2. The van der Waals surface area contributed by atoms with Crippen molar-refractivity contribution in [3.63, 3.8) is 0 Å². The molecule has 9 aromatic carbocycles. The highest BCUT2D eigenvalue weighted by Crippen LogP contribution is 2.55. The zero-order chi connectivity index (χ0) is 38.1. The molecule has 57 heavy (non-hydrogen) atoms. The van der Waals surface area contributed by atoms with Gasteiger partial charge in [0.2, 0.25) is 0 Å². The first-order valence-electron chi connectivity index (χ1n) is 20.1. The number of aliphatic imine (C=N–C) groups is 1. The molecule has 0 fully saturated rings. The van der Waals surface area contributed by atoms with Gasteiger partial charge in [0, 0.05) is 5.41 Å². The Bertz CT molecular complexity index is 3100. The third kappa shape index (κ3) is 5.34. The highest BCUT2D eigenvalue weighted by Gasteiger charge is 2.37. The van der Waals surface area contributed by atoms with Crippen LogP contribution in [-0.4, -0.2) is 5.71 Å². The Morgan fingerprint density at radius 1 is 0.421 bits per heavy atom. The quantitative estimate of drug-likeness (QED) is 0.157. The minimum absolute atomic E-state index is 0.0255. The van der Waals surface area contributed by atoms with E-state index < -0.39 is 0 Å². The fourth-order valence-electron chi connectivity index (χ4n) is 9.86. The van der Waals surface area contributed by atoms with Crippen molar-refractivity contribution in [2.75, 3.05) is 0 Å². The molecule has 11 rings (SSSR count). The summed E-state index contributed by atoms with van der Waals surface area (Å²) in [6.45, 7) is 4.79. The van der Waals surface area contributed by atoms with Crippen molar-refractivity contribution < 1.29 is 0 Å². The lowest BCUT2D eigenvalue weighted by molar-refractivity contribution is 0.661. The number of fused-ring (bicyclic) bond motifs is 7. The first-order valence-corrected chi connectivity index (χ1v) is 20.1. The molecule has 1 unspecified atom stereocenters. The molecule has 270 valence electrons. The lowest BCUT2D eigenvalue weighted by Gasteiger charge is -2.25. The minimum atomic E-state index is -0.141. The molecule has 1 atom stereocenters. The second-order valence-corrected chi connectivity index (χ2v) is 16.2. The normalized spacial score (nSPS) is 15.6. The molecule has 1 nitrogen and oxygen atoms in total. The molecule has 0 aromatic heterocycles. The first kappa shape index (κ1) is 33.5. The molecule has 0 saturated heterocycles. The largest absolute Gasteiger partial charge is 0.276 e. The Morgan fingerprint density at radius 2 is 0.982 bits per heavy atom. The van der Waals surface area contributed by atoms with E-state index in [9.17, 15) is 0 Å². The molecule has 1 heterocycles. The van der Waals surface area contributed by atoms with Crippen molar-refractivity contribution in [2.45, 2.75) is 31.7 Å². The summed E-state index contributed by atoms with van der Waals surface area (Å²) in [6.07, 6.45) is 3.16. The average molecular weight is 728 g/mol. The fraction of sp³-hybridized carbons (Fsp3) is 0.0893. The molecule has 1 aliphatic heterocycles. The van der Waals surface area contributed by atoms with Crippen LogP contribution in [0.25, 0.3) is 71.3 Å². The van der Waals surface area contributed by atoms with Gasteiger partial charge in [-0.1, -0.05) is 190 Å². The van der Waals surface area contributed by atoms with Gasteiger partial charge in [0.1, 0.15) is 0 Å². The summed E-state index contributed by atoms with van der Waals surface area (Å²) in [5.74, 6) is 0. The average Bonchev–Trinajstić information content (AvgIpc) is 3.51. The van der Waals surface area contributed by atoms with Gasteiger partial charge in [0.25, 0.3) is 0 Å². The Kier molecular flexibility index (Phi) is 7.73. The molecular formula is C56H41N. The predicted octanol–water partition coefficient (Wildman–Crippen LogP) is 14.8. The van der Waals surface area contributed by atoms with Gasteiger partial charge in [-0.2, -0.15) is 0 Å². The summed E-state index contributed by atoms with van der Waals surface area (Å²) in [4.78, 5) is 5.36. The van der Waals surface area contributed by atoms with E-state index in [2.05, 4.69) is 208 Å². The SMILES string of the molecule is CC1(C)c2ccccc2-c2c1cc(-c1c3ccccc3c(-c3ccccc3)c3ccc(C4=CC(c5ccccc5)=NC(c5ccccc5)C4)cc13)c1ccccc21. The van der Waals surface area contributed by atoms with Crippen molar-refractivity contribution in [1.29, 1.82) is 0 Å². The number of rotatable bonds is 5. The van der Waals surface area contributed by atoms with E-state index in [0.29, 0.717) is 0 Å². The van der Waals surface area contributed by atoms with E-state index in [4.69, 9.17) is 4.99 Å². The van der Waals surface area contributed by atoms with Gasteiger partial charge >= 0.3 is 0 Å². The molecule has 1 aliphatic carbocycles. The van der Waals surface area contributed by atoms with Crippen LogP contribution in [0.15, 0.2) is 199 Å². The summed E-state index contributed by atoms with van der Waals surface area (Å²) < 4.78 is 0. The zero-order valence-electron chi connectivity index (χ0n) is 32.2. The van der Waals surface area contributed by atoms with Crippen molar-refractivity contribution in [3.8, 4) is 33.4 Å². The fourth-order valence-corrected chi connectivity index (χ4v) is 9.86. The first-order chi connectivity index (χ1) is 28.0. The van der Waals surface area contributed by atoms with Crippen LogP contribution in [0.1, 0.15) is 54.1 Å². The number of benzene rings is 9. The van der Waals surface area contributed by atoms with E-state index in [-0.39, 0.29) is 11.5 Å². The monoisotopic (exact) mass is 727 g/mol. The molecule has 0 radical (unpaired) electrons.